The number of ether oxygens (including phenoxy) is 6. The number of hydrogen-bond acceptors (Lipinski definition) is 11. The summed E-state index contributed by atoms with van der Waals surface area (Å²) in [6.45, 7) is 7.76. The van der Waals surface area contributed by atoms with Crippen LogP contribution in [0, 0.1) is 0 Å². The van der Waals surface area contributed by atoms with Gasteiger partial charge in [-0.25, -0.2) is 13.9 Å². The summed E-state index contributed by atoms with van der Waals surface area (Å²) >= 11 is 0. The van der Waals surface area contributed by atoms with Gasteiger partial charge in [-0.3, -0.25) is 4.90 Å². The average Bonchev–Trinajstić information content (AvgIpc) is 3.88. The van der Waals surface area contributed by atoms with Crippen molar-refractivity contribution in [3.63, 3.8) is 0 Å². The Morgan fingerprint density at radius 3 is 2.10 bits per heavy atom. The molecule has 4 N–H and O–H groups in total. The van der Waals surface area contributed by atoms with E-state index < -0.39 is 43.1 Å². The van der Waals surface area contributed by atoms with Gasteiger partial charge in [-0.05, 0) is 61.1 Å². The zero-order valence-corrected chi connectivity index (χ0v) is 39.5. The Morgan fingerprint density at radius 1 is 0.797 bits per heavy atom. The first kappa shape index (κ1) is 48.3. The molecular formula is C55H65N4O10+. The van der Waals surface area contributed by atoms with Crippen LogP contribution in [0.3, 0.4) is 0 Å². The predicted molar refractivity (Wildman–Crippen MR) is 259 cm³/mol. The first-order valence-electron chi connectivity index (χ1n) is 24.4. The van der Waals surface area contributed by atoms with E-state index in [1.165, 1.54) is 11.1 Å². The number of hydrogen-bond donors (Lipinski definition) is 4. The van der Waals surface area contributed by atoms with Crippen LogP contribution in [0.4, 0.5) is 4.79 Å². The van der Waals surface area contributed by atoms with Crippen molar-refractivity contribution in [3.05, 3.63) is 155 Å². The summed E-state index contributed by atoms with van der Waals surface area (Å²) in [5, 5.41) is 37.6. The van der Waals surface area contributed by atoms with Gasteiger partial charge in [0, 0.05) is 49.2 Å². The number of imidazole rings is 1. The molecule has 0 bridgehead atoms. The maximum atomic E-state index is 13.3. The molecule has 364 valence electrons. The molecule has 69 heavy (non-hydrogen) atoms. The number of nitrogens with one attached hydrogen (secondary N) is 1. The summed E-state index contributed by atoms with van der Waals surface area (Å²) in [7, 11) is 0. The van der Waals surface area contributed by atoms with E-state index >= 15 is 0 Å². The fraction of sp³-hybridized carbons (Fsp3) is 0.418. The Labute approximate surface area is 403 Å². The molecule has 9 rings (SSSR count). The van der Waals surface area contributed by atoms with Crippen molar-refractivity contribution in [1.82, 2.24) is 14.8 Å². The molecule has 1 aliphatic carbocycles. The second-order valence-corrected chi connectivity index (χ2v) is 18.0. The van der Waals surface area contributed by atoms with Crippen LogP contribution in [0.25, 0.3) is 22.2 Å². The Morgan fingerprint density at radius 2 is 1.43 bits per heavy atom. The van der Waals surface area contributed by atoms with Crippen LogP contribution in [0.15, 0.2) is 127 Å². The van der Waals surface area contributed by atoms with Gasteiger partial charge in [0.15, 0.2) is 23.6 Å². The van der Waals surface area contributed by atoms with E-state index in [1.54, 1.807) is 0 Å². The monoisotopic (exact) mass is 941 g/mol. The number of benzene rings is 5. The predicted octanol–water partition coefficient (Wildman–Crippen LogP) is 7.17. The highest BCUT2D eigenvalue weighted by atomic mass is 16.7. The summed E-state index contributed by atoms with van der Waals surface area (Å²) in [4.78, 5) is 15.2. The molecule has 2 aliphatic heterocycles. The summed E-state index contributed by atoms with van der Waals surface area (Å²) in [6, 6.07) is 41.9. The van der Waals surface area contributed by atoms with Gasteiger partial charge in [0.2, 0.25) is 0 Å². The van der Waals surface area contributed by atoms with Gasteiger partial charge in [0.25, 0.3) is 5.82 Å². The number of aryl methyl sites for hydroxylation is 2. The molecule has 14 nitrogen and oxygen atoms in total. The van der Waals surface area contributed by atoms with Crippen molar-refractivity contribution >= 4 is 17.1 Å². The minimum atomic E-state index is -1.20. The molecule has 7 atom stereocenters. The maximum Gasteiger partial charge on any atom is 0.407 e. The van der Waals surface area contributed by atoms with Crippen molar-refractivity contribution in [3.8, 4) is 16.9 Å². The number of aliphatic hydroxyl groups is 3. The quantitative estimate of drug-likeness (QED) is 0.0576. The van der Waals surface area contributed by atoms with Crippen molar-refractivity contribution in [2.75, 3.05) is 46.1 Å². The summed E-state index contributed by atoms with van der Waals surface area (Å²) in [5.41, 5.74) is 8.42. The van der Waals surface area contributed by atoms with Crippen molar-refractivity contribution in [1.29, 1.82) is 0 Å². The van der Waals surface area contributed by atoms with Crippen LogP contribution in [-0.2, 0) is 43.3 Å². The number of aliphatic hydroxyl groups excluding tert-OH is 3. The normalized spacial score (nSPS) is 20.6. The van der Waals surface area contributed by atoms with E-state index in [1.807, 2.05) is 108 Å². The Hall–Kier alpha value is -5.68. The molecule has 5 aromatic carbocycles. The fourth-order valence-corrected chi connectivity index (χ4v) is 10.1. The van der Waals surface area contributed by atoms with E-state index in [2.05, 4.69) is 52.6 Å². The first-order valence-corrected chi connectivity index (χ1v) is 24.4. The molecule has 2 unspecified atom stereocenters. The van der Waals surface area contributed by atoms with Crippen LogP contribution in [0.5, 0.6) is 5.75 Å². The molecular weight excluding hydrogens is 877 g/mol. The number of amides is 1. The molecule has 2 fully saturated rings. The van der Waals surface area contributed by atoms with Crippen molar-refractivity contribution < 1.29 is 53.1 Å². The summed E-state index contributed by atoms with van der Waals surface area (Å²) in [6.07, 6.45) is -4.28. The lowest BCUT2D eigenvalue weighted by Crippen LogP contribution is -2.49. The Bertz CT molecular complexity index is 2570. The topological polar surface area (TPSA) is 157 Å². The van der Waals surface area contributed by atoms with Crippen molar-refractivity contribution in [2.45, 2.75) is 102 Å². The van der Waals surface area contributed by atoms with E-state index in [0.29, 0.717) is 57.9 Å². The zero-order valence-electron chi connectivity index (χ0n) is 39.5. The molecule has 0 radical (unpaired) electrons. The second kappa shape index (κ2) is 22.8. The number of fused-ring (bicyclic) bond motifs is 4. The van der Waals surface area contributed by atoms with Crippen LogP contribution in [0.1, 0.15) is 79.7 Å². The van der Waals surface area contributed by atoms with Gasteiger partial charge in [-0.15, -0.1) is 0 Å². The molecule has 14 heteroatoms. The molecule has 3 aliphatic rings. The van der Waals surface area contributed by atoms with Crippen LogP contribution >= 0.6 is 0 Å². The SMILES string of the molecule is CCn1c(CNC(=O)OCC2c3ccccc3-c3ccccc32)[n+](CC)c2cc(OCCN(C[C@H](O)C[C@H]3CCOC(c4ccccc4)O3)C[C@H](O)[C@@H](O)[C@H]3CCOC(c4ccccc4)O3)ccc21. The average molecular weight is 942 g/mol. The van der Waals surface area contributed by atoms with Crippen molar-refractivity contribution in [2.24, 2.45) is 0 Å². The molecule has 6 aromatic rings. The standard InChI is InChI=1S/C55H64N4O10/c1-3-58-47-24-23-40(32-48(47)59(4-2)51(58)33-56-55(63)67-36-46-44-21-13-11-19-42(44)43-20-12-14-22-45(43)46)64-30-27-57(34-39(60)31-41-25-28-65-53(68-41)37-15-7-5-8-16-37)35-49(61)52(62)50-26-29-66-54(69-50)38-17-9-6-10-18-38/h5-24,32,39,41,46,49-50,52-54,60-62H,3-4,25-31,33-36H2,1-2H3/p+1/t39-,41-,49+,50-,52-,53?,54?/m1/s1. The maximum absolute atomic E-state index is 13.3. The summed E-state index contributed by atoms with van der Waals surface area (Å²) in [5.74, 6) is 1.55. The first-order chi connectivity index (χ1) is 33.8. The minimum Gasteiger partial charge on any atom is -0.492 e. The van der Waals surface area contributed by atoms with E-state index in [0.717, 1.165) is 39.1 Å². The molecule has 3 heterocycles. The van der Waals surface area contributed by atoms with E-state index in [4.69, 9.17) is 28.4 Å². The smallest absolute Gasteiger partial charge is 0.407 e. The lowest BCUT2D eigenvalue weighted by molar-refractivity contribution is -0.676. The van der Waals surface area contributed by atoms with Gasteiger partial charge < -0.3 is 49.1 Å². The number of alkyl carbamates (subject to hydrolysis) is 1. The number of carbonyl (C=O) groups is 1. The highest BCUT2D eigenvalue weighted by Crippen LogP contribution is 2.44. The van der Waals surface area contributed by atoms with Crippen LogP contribution in [-0.4, -0.2) is 107 Å². The number of nitrogens with zero attached hydrogens (tertiary/aromatic N) is 3. The largest absolute Gasteiger partial charge is 0.492 e. The van der Waals surface area contributed by atoms with Gasteiger partial charge in [-0.2, -0.15) is 0 Å². The number of rotatable bonds is 20. The highest BCUT2D eigenvalue weighted by molar-refractivity contribution is 5.79. The molecule has 1 aromatic heterocycles. The Kier molecular flexibility index (Phi) is 16.0. The minimum absolute atomic E-state index is 0.0296. The Balaban J connectivity index is 0.843. The molecule has 2 saturated heterocycles. The van der Waals surface area contributed by atoms with Gasteiger partial charge in [0.05, 0.1) is 50.7 Å². The van der Waals surface area contributed by atoms with Crippen LogP contribution < -0.4 is 14.6 Å². The second-order valence-electron chi connectivity index (χ2n) is 18.0. The molecule has 0 saturated carbocycles. The third kappa shape index (κ3) is 11.4. The molecule has 0 spiro atoms. The van der Waals surface area contributed by atoms with Gasteiger partial charge in [-0.1, -0.05) is 109 Å². The lowest BCUT2D eigenvalue weighted by atomic mass is 9.98. The van der Waals surface area contributed by atoms with Gasteiger partial charge in [0.1, 0.15) is 31.6 Å². The zero-order chi connectivity index (χ0) is 47.7. The summed E-state index contributed by atoms with van der Waals surface area (Å²) < 4.78 is 40.9. The third-order valence-electron chi connectivity index (χ3n) is 13.6. The third-order valence-corrected chi connectivity index (χ3v) is 13.6. The van der Waals surface area contributed by atoms with Crippen LogP contribution in [0.2, 0.25) is 0 Å². The number of aromatic nitrogens is 2. The van der Waals surface area contributed by atoms with Gasteiger partial charge >= 0.3 is 6.09 Å². The lowest BCUT2D eigenvalue weighted by Gasteiger charge is -2.36. The number of carbonyl (C=O) groups excluding carboxylic acids is 1. The van der Waals surface area contributed by atoms with E-state index in [-0.39, 0.29) is 44.9 Å². The highest BCUT2D eigenvalue weighted by Gasteiger charge is 2.35. The molecule has 1 amide bonds. The van der Waals surface area contributed by atoms with E-state index in [9.17, 15) is 20.1 Å². The fourth-order valence-electron chi connectivity index (χ4n) is 10.1.